The number of nitrogens with zero attached hydrogens (tertiary/aromatic N) is 1. The summed E-state index contributed by atoms with van der Waals surface area (Å²) in [5, 5.41) is 2.38. The average Bonchev–Trinajstić information content (AvgIpc) is 2.89. The molecule has 7 heteroatoms. The second-order valence-corrected chi connectivity index (χ2v) is 7.06. The van der Waals surface area contributed by atoms with Crippen LogP contribution in [0.5, 0.6) is 0 Å². The van der Waals surface area contributed by atoms with Crippen LogP contribution in [0.4, 0.5) is 5.13 Å². The van der Waals surface area contributed by atoms with E-state index in [0.29, 0.717) is 11.0 Å². The number of hydrogen-bond donors (Lipinski definition) is 1. The molecule has 0 radical (unpaired) electrons. The topological polar surface area (TPSA) is 59.1 Å². The van der Waals surface area contributed by atoms with Gasteiger partial charge in [0.25, 0.3) is 0 Å². The van der Waals surface area contributed by atoms with Gasteiger partial charge in [0.1, 0.15) is 4.66 Å². The quantitative estimate of drug-likeness (QED) is 0.866. The molecule has 4 nitrogen and oxygen atoms in total. The molecule has 2 rings (SSSR count). The van der Waals surface area contributed by atoms with Crippen molar-refractivity contribution in [2.45, 2.75) is 18.8 Å². The van der Waals surface area contributed by atoms with Gasteiger partial charge < -0.3 is 0 Å². The lowest BCUT2D eigenvalue weighted by atomic mass is 10.3. The highest BCUT2D eigenvalue weighted by atomic mass is 79.9. The van der Waals surface area contributed by atoms with Gasteiger partial charge in [0, 0.05) is 11.3 Å². The second kappa shape index (κ2) is 3.79. The van der Waals surface area contributed by atoms with Crippen LogP contribution in [0, 0.1) is 0 Å². The first kappa shape index (κ1) is 10.4. The Morgan fingerprint density at radius 1 is 1.64 bits per heavy atom. The fourth-order valence-corrected chi connectivity index (χ4v) is 2.98. The molecule has 1 N–H and O–H groups in total. The maximum atomic E-state index is 11.2. The van der Waals surface area contributed by atoms with Crippen LogP contribution in [0.15, 0.2) is 5.38 Å². The molecule has 0 unspecified atom stereocenters. The highest BCUT2D eigenvalue weighted by Gasteiger charge is 2.26. The van der Waals surface area contributed by atoms with Crippen LogP contribution >= 0.6 is 27.3 Å². The molecule has 78 valence electrons. The van der Waals surface area contributed by atoms with Crippen molar-refractivity contribution in [3.05, 3.63) is 11.1 Å². The number of halogens is 1. The molecule has 1 aromatic rings. The molecular weight excluding hydrogens is 288 g/mol. The van der Waals surface area contributed by atoms with E-state index in [1.807, 2.05) is 5.38 Å². The first-order valence-corrected chi connectivity index (χ1v) is 7.78. The summed E-state index contributed by atoms with van der Waals surface area (Å²) in [7, 11) is -3.25. The Morgan fingerprint density at radius 2 is 2.36 bits per heavy atom. The second-order valence-electron chi connectivity index (χ2n) is 3.18. The van der Waals surface area contributed by atoms with E-state index in [1.54, 1.807) is 0 Å². The van der Waals surface area contributed by atoms with Gasteiger partial charge in [-0.2, -0.15) is 0 Å². The molecule has 14 heavy (non-hydrogen) atoms. The molecule has 1 fully saturated rings. The molecule has 0 amide bonds. The van der Waals surface area contributed by atoms with Gasteiger partial charge in [-0.05, 0) is 12.8 Å². The van der Waals surface area contributed by atoms with Crippen molar-refractivity contribution in [2.24, 2.45) is 0 Å². The maximum absolute atomic E-state index is 11.2. The van der Waals surface area contributed by atoms with Crippen molar-refractivity contribution in [3.8, 4) is 0 Å². The van der Waals surface area contributed by atoms with Crippen LogP contribution in [0.2, 0.25) is 0 Å². The predicted molar refractivity (Wildman–Crippen MR) is 60.4 cm³/mol. The summed E-state index contributed by atoms with van der Waals surface area (Å²) in [6.07, 6.45) is 2.35. The van der Waals surface area contributed by atoms with Gasteiger partial charge in [-0.25, -0.2) is 13.4 Å². The monoisotopic (exact) mass is 296 g/mol. The van der Waals surface area contributed by atoms with Crippen LogP contribution in [0.25, 0.3) is 0 Å². The average molecular weight is 297 g/mol. The highest BCUT2D eigenvalue weighted by Crippen LogP contribution is 2.40. The van der Waals surface area contributed by atoms with E-state index < -0.39 is 10.0 Å². The summed E-state index contributed by atoms with van der Waals surface area (Å²) in [4.78, 5) is 4.21. The molecule has 1 saturated carbocycles. The highest BCUT2D eigenvalue weighted by molar-refractivity contribution is 9.10. The zero-order valence-corrected chi connectivity index (χ0v) is 10.5. The van der Waals surface area contributed by atoms with Crippen LogP contribution in [-0.4, -0.2) is 18.1 Å². The smallest absolute Gasteiger partial charge is 0.244 e. The molecular formula is C7H9BrN2O2S2. The van der Waals surface area contributed by atoms with Gasteiger partial charge in [-0.15, -0.1) is 11.3 Å². The van der Waals surface area contributed by atoms with Gasteiger partial charge in [0.15, 0.2) is 5.13 Å². The van der Waals surface area contributed by atoms with Gasteiger partial charge in [0.2, 0.25) is 10.0 Å². The molecule has 1 aliphatic carbocycles. The molecule has 1 heterocycles. The van der Waals surface area contributed by atoms with Gasteiger partial charge in [-0.3, -0.25) is 4.72 Å². The number of thiazole rings is 1. The Morgan fingerprint density at radius 3 is 2.93 bits per heavy atom. The van der Waals surface area contributed by atoms with E-state index in [-0.39, 0.29) is 4.66 Å². The lowest BCUT2D eigenvalue weighted by Gasteiger charge is -1.99. The molecule has 1 aliphatic rings. The predicted octanol–water partition coefficient (Wildman–Crippen LogP) is 2.11. The van der Waals surface area contributed by atoms with E-state index in [4.69, 9.17) is 0 Å². The van der Waals surface area contributed by atoms with E-state index in [1.165, 1.54) is 24.2 Å². The zero-order chi connectivity index (χ0) is 10.2. The number of nitrogens with one attached hydrogen (secondary N) is 1. The van der Waals surface area contributed by atoms with Gasteiger partial charge in [-0.1, -0.05) is 15.9 Å². The molecule has 0 aliphatic heterocycles. The summed E-state index contributed by atoms with van der Waals surface area (Å²) in [6.45, 7) is 0. The Labute approximate surface area is 94.9 Å². The van der Waals surface area contributed by atoms with Crippen molar-refractivity contribution in [1.29, 1.82) is 0 Å². The van der Waals surface area contributed by atoms with E-state index in [9.17, 15) is 8.42 Å². The van der Waals surface area contributed by atoms with Gasteiger partial charge >= 0.3 is 0 Å². The minimum atomic E-state index is -3.25. The lowest BCUT2D eigenvalue weighted by molar-refractivity contribution is 0.606. The van der Waals surface area contributed by atoms with Gasteiger partial charge in [0.05, 0.1) is 5.69 Å². The molecule has 0 bridgehead atoms. The summed E-state index contributed by atoms with van der Waals surface area (Å²) < 4.78 is 24.6. The minimum Gasteiger partial charge on any atom is -0.258 e. The largest absolute Gasteiger partial charge is 0.258 e. The summed E-state index contributed by atoms with van der Waals surface area (Å²) in [6, 6.07) is 0. The number of aromatic nitrogens is 1. The zero-order valence-electron chi connectivity index (χ0n) is 7.23. The fourth-order valence-electron chi connectivity index (χ4n) is 1.06. The van der Waals surface area contributed by atoms with Crippen molar-refractivity contribution in [1.82, 2.24) is 4.98 Å². The number of hydrogen-bond acceptors (Lipinski definition) is 4. The number of rotatable bonds is 4. The minimum absolute atomic E-state index is 0.0989. The third-order valence-electron chi connectivity index (χ3n) is 1.90. The van der Waals surface area contributed by atoms with Crippen molar-refractivity contribution in [2.75, 3.05) is 9.38 Å². The SMILES string of the molecule is O=S(=O)(CBr)Nc1nc(C2CC2)cs1. The summed E-state index contributed by atoms with van der Waals surface area (Å²) >= 11 is 4.24. The third kappa shape index (κ3) is 2.46. The molecule has 1 aromatic heterocycles. The first-order valence-electron chi connectivity index (χ1n) is 4.12. The molecule has 0 atom stereocenters. The Hall–Kier alpha value is -0.140. The van der Waals surface area contributed by atoms with Crippen LogP contribution in [0.1, 0.15) is 24.5 Å². The van der Waals surface area contributed by atoms with Crippen molar-refractivity contribution in [3.63, 3.8) is 0 Å². The summed E-state index contributed by atoms with van der Waals surface area (Å²) in [5.74, 6) is 0.563. The van der Waals surface area contributed by atoms with E-state index in [0.717, 1.165) is 5.69 Å². The first-order chi connectivity index (χ1) is 6.61. The van der Waals surface area contributed by atoms with Crippen LogP contribution in [0.3, 0.4) is 0 Å². The van der Waals surface area contributed by atoms with E-state index in [2.05, 4.69) is 25.6 Å². The van der Waals surface area contributed by atoms with E-state index >= 15 is 0 Å². The molecule has 0 saturated heterocycles. The lowest BCUT2D eigenvalue weighted by Crippen LogP contribution is -2.12. The Bertz CT molecular complexity index is 425. The Kier molecular flexibility index (Phi) is 2.81. The van der Waals surface area contributed by atoms with Crippen molar-refractivity contribution < 1.29 is 8.42 Å². The Balaban J connectivity index is 2.09. The summed E-state index contributed by atoms with van der Waals surface area (Å²) in [5.41, 5.74) is 1.02. The number of sulfonamides is 1. The normalized spacial score (nSPS) is 16.9. The maximum Gasteiger partial charge on any atom is 0.244 e. The fraction of sp³-hybridized carbons (Fsp3) is 0.571. The van der Waals surface area contributed by atoms with Crippen LogP contribution in [-0.2, 0) is 10.0 Å². The molecule has 0 spiro atoms. The standard InChI is InChI=1S/C7H9BrN2O2S2/c8-4-14(11,12)10-7-9-6(3-13-7)5-1-2-5/h3,5H,1-2,4H2,(H,9,10). The van der Waals surface area contributed by atoms with Crippen LogP contribution < -0.4 is 4.72 Å². The number of anilines is 1. The molecule has 0 aromatic carbocycles. The third-order valence-corrected chi connectivity index (χ3v) is 5.41. The van der Waals surface area contributed by atoms with Crippen molar-refractivity contribution >= 4 is 42.4 Å². The number of alkyl halides is 1.